The predicted octanol–water partition coefficient (Wildman–Crippen LogP) is 0.508. The second kappa shape index (κ2) is 5.80. The highest BCUT2D eigenvalue weighted by Crippen LogP contribution is 2.19. The Kier molecular flexibility index (Phi) is 4.12. The average molecular weight is 233 g/mol. The Morgan fingerprint density at radius 3 is 2.82 bits per heavy atom. The van der Waals surface area contributed by atoms with Gasteiger partial charge in [0, 0.05) is 25.7 Å². The third-order valence-corrected chi connectivity index (χ3v) is 3.14. The summed E-state index contributed by atoms with van der Waals surface area (Å²) in [6.07, 6.45) is 0.981. The van der Waals surface area contributed by atoms with Crippen LogP contribution in [0.15, 0.2) is 30.3 Å². The standard InChI is InChI=1S/C13H19N3O/c14-9-12(11-5-2-1-3-6-11)16-8-4-7-15-13(17)10-16/h1-3,5-6,12H,4,7-10,14H2,(H,15,17). The zero-order valence-electron chi connectivity index (χ0n) is 9.93. The van der Waals surface area contributed by atoms with Gasteiger partial charge in [0.25, 0.3) is 0 Å². The van der Waals surface area contributed by atoms with Crippen molar-refractivity contribution in [3.8, 4) is 0 Å². The van der Waals surface area contributed by atoms with Gasteiger partial charge in [0.1, 0.15) is 0 Å². The van der Waals surface area contributed by atoms with Crippen LogP contribution in [0.1, 0.15) is 18.0 Å². The molecule has 0 bridgehead atoms. The smallest absolute Gasteiger partial charge is 0.234 e. The number of carbonyl (C=O) groups excluding carboxylic acids is 1. The van der Waals surface area contributed by atoms with Gasteiger partial charge in [-0.2, -0.15) is 0 Å². The first-order valence-corrected chi connectivity index (χ1v) is 6.07. The quantitative estimate of drug-likeness (QED) is 0.799. The van der Waals surface area contributed by atoms with Crippen LogP contribution >= 0.6 is 0 Å². The van der Waals surface area contributed by atoms with E-state index in [2.05, 4.69) is 22.3 Å². The van der Waals surface area contributed by atoms with Crippen molar-refractivity contribution in [3.63, 3.8) is 0 Å². The van der Waals surface area contributed by atoms with E-state index >= 15 is 0 Å². The summed E-state index contributed by atoms with van der Waals surface area (Å²) in [5.41, 5.74) is 7.04. The summed E-state index contributed by atoms with van der Waals surface area (Å²) in [6.45, 7) is 2.66. The van der Waals surface area contributed by atoms with Gasteiger partial charge in [0.05, 0.1) is 6.54 Å². The number of carbonyl (C=O) groups is 1. The van der Waals surface area contributed by atoms with Crippen LogP contribution in [0.2, 0.25) is 0 Å². The van der Waals surface area contributed by atoms with E-state index in [9.17, 15) is 4.79 Å². The van der Waals surface area contributed by atoms with Gasteiger partial charge < -0.3 is 11.1 Å². The van der Waals surface area contributed by atoms with Crippen LogP contribution in [-0.4, -0.2) is 37.0 Å². The molecule has 4 nitrogen and oxygen atoms in total. The molecule has 92 valence electrons. The van der Waals surface area contributed by atoms with Crippen LogP contribution in [0.3, 0.4) is 0 Å². The van der Waals surface area contributed by atoms with Gasteiger partial charge in [0.15, 0.2) is 0 Å². The van der Waals surface area contributed by atoms with Crippen LogP contribution in [0.4, 0.5) is 0 Å². The molecule has 1 saturated heterocycles. The molecule has 2 rings (SSSR count). The second-order valence-electron chi connectivity index (χ2n) is 4.34. The fourth-order valence-electron chi connectivity index (χ4n) is 2.27. The SMILES string of the molecule is NCC(c1ccccc1)N1CCCNC(=O)C1. The van der Waals surface area contributed by atoms with Gasteiger partial charge in [-0.15, -0.1) is 0 Å². The molecule has 1 aromatic carbocycles. The minimum absolute atomic E-state index is 0.0943. The zero-order chi connectivity index (χ0) is 12.1. The topological polar surface area (TPSA) is 58.4 Å². The summed E-state index contributed by atoms with van der Waals surface area (Å²) >= 11 is 0. The van der Waals surface area contributed by atoms with Crippen molar-refractivity contribution in [3.05, 3.63) is 35.9 Å². The van der Waals surface area contributed by atoms with Crippen LogP contribution in [0, 0.1) is 0 Å². The zero-order valence-corrected chi connectivity index (χ0v) is 9.93. The maximum atomic E-state index is 11.6. The third kappa shape index (κ3) is 3.05. The molecule has 0 spiro atoms. The van der Waals surface area contributed by atoms with E-state index in [1.54, 1.807) is 0 Å². The molecule has 1 atom stereocenters. The number of rotatable bonds is 3. The molecule has 1 aromatic rings. The molecular weight excluding hydrogens is 214 g/mol. The fourth-order valence-corrected chi connectivity index (χ4v) is 2.27. The number of nitrogens with zero attached hydrogens (tertiary/aromatic N) is 1. The molecule has 17 heavy (non-hydrogen) atoms. The fraction of sp³-hybridized carbons (Fsp3) is 0.462. The van der Waals surface area contributed by atoms with Gasteiger partial charge >= 0.3 is 0 Å². The average Bonchev–Trinajstić information content (AvgIpc) is 2.56. The summed E-state index contributed by atoms with van der Waals surface area (Å²) in [6, 6.07) is 10.3. The van der Waals surface area contributed by atoms with Gasteiger partial charge in [-0.1, -0.05) is 30.3 Å². The lowest BCUT2D eigenvalue weighted by Crippen LogP contribution is -2.38. The molecule has 0 radical (unpaired) electrons. The first-order chi connectivity index (χ1) is 8.31. The molecule has 1 unspecified atom stereocenters. The first-order valence-electron chi connectivity index (χ1n) is 6.07. The lowest BCUT2D eigenvalue weighted by atomic mass is 10.1. The van der Waals surface area contributed by atoms with Crippen molar-refractivity contribution >= 4 is 5.91 Å². The minimum Gasteiger partial charge on any atom is -0.355 e. The Balaban J connectivity index is 2.14. The molecule has 3 N–H and O–H groups in total. The second-order valence-corrected chi connectivity index (χ2v) is 4.34. The van der Waals surface area contributed by atoms with E-state index < -0.39 is 0 Å². The van der Waals surface area contributed by atoms with Crippen molar-refractivity contribution in [2.24, 2.45) is 5.73 Å². The molecule has 1 heterocycles. The van der Waals surface area contributed by atoms with Crippen LogP contribution in [0.25, 0.3) is 0 Å². The molecule has 4 heteroatoms. The summed E-state index contributed by atoms with van der Waals surface area (Å²) < 4.78 is 0. The van der Waals surface area contributed by atoms with E-state index in [0.29, 0.717) is 13.1 Å². The minimum atomic E-state index is 0.0943. The Hall–Kier alpha value is -1.39. The summed E-state index contributed by atoms with van der Waals surface area (Å²) in [7, 11) is 0. The lowest BCUT2D eigenvalue weighted by molar-refractivity contribution is -0.121. The third-order valence-electron chi connectivity index (χ3n) is 3.14. The maximum absolute atomic E-state index is 11.6. The van der Waals surface area contributed by atoms with E-state index in [1.807, 2.05) is 18.2 Å². The number of hydrogen-bond acceptors (Lipinski definition) is 3. The molecule has 1 amide bonds. The number of hydrogen-bond donors (Lipinski definition) is 2. The lowest BCUT2D eigenvalue weighted by Gasteiger charge is -2.28. The Morgan fingerprint density at radius 2 is 2.12 bits per heavy atom. The molecule has 1 aliphatic heterocycles. The van der Waals surface area contributed by atoms with Crippen LogP contribution in [0.5, 0.6) is 0 Å². The normalized spacial score (nSPS) is 19.5. The van der Waals surface area contributed by atoms with Gasteiger partial charge in [-0.3, -0.25) is 9.69 Å². The van der Waals surface area contributed by atoms with Crippen molar-refractivity contribution < 1.29 is 4.79 Å². The van der Waals surface area contributed by atoms with Crippen molar-refractivity contribution in [2.75, 3.05) is 26.2 Å². The molecule has 0 saturated carbocycles. The molecule has 0 aromatic heterocycles. The Morgan fingerprint density at radius 1 is 1.35 bits per heavy atom. The van der Waals surface area contributed by atoms with E-state index in [-0.39, 0.29) is 11.9 Å². The van der Waals surface area contributed by atoms with Crippen molar-refractivity contribution in [1.82, 2.24) is 10.2 Å². The van der Waals surface area contributed by atoms with Crippen LogP contribution < -0.4 is 11.1 Å². The highest BCUT2D eigenvalue weighted by molar-refractivity contribution is 5.78. The van der Waals surface area contributed by atoms with Gasteiger partial charge in [-0.25, -0.2) is 0 Å². The summed E-state index contributed by atoms with van der Waals surface area (Å²) in [5, 5.41) is 2.88. The summed E-state index contributed by atoms with van der Waals surface area (Å²) in [5.74, 6) is 0.0943. The summed E-state index contributed by atoms with van der Waals surface area (Å²) in [4.78, 5) is 13.7. The molecule has 0 aliphatic carbocycles. The van der Waals surface area contributed by atoms with Crippen LogP contribution in [-0.2, 0) is 4.79 Å². The van der Waals surface area contributed by atoms with E-state index in [1.165, 1.54) is 5.56 Å². The Labute approximate surface area is 102 Å². The largest absolute Gasteiger partial charge is 0.355 e. The van der Waals surface area contributed by atoms with E-state index in [4.69, 9.17) is 5.73 Å². The first kappa shape index (κ1) is 12.1. The van der Waals surface area contributed by atoms with Crippen molar-refractivity contribution in [2.45, 2.75) is 12.5 Å². The van der Waals surface area contributed by atoms with Crippen molar-refractivity contribution in [1.29, 1.82) is 0 Å². The highest BCUT2D eigenvalue weighted by atomic mass is 16.2. The number of amides is 1. The molecular formula is C13H19N3O. The molecule has 1 fully saturated rings. The predicted molar refractivity (Wildman–Crippen MR) is 67.4 cm³/mol. The van der Waals surface area contributed by atoms with Gasteiger partial charge in [0.2, 0.25) is 5.91 Å². The Bertz CT molecular complexity index is 366. The number of nitrogens with two attached hydrogens (primary N) is 1. The van der Waals surface area contributed by atoms with Gasteiger partial charge in [-0.05, 0) is 12.0 Å². The maximum Gasteiger partial charge on any atom is 0.234 e. The molecule has 1 aliphatic rings. The number of nitrogens with one attached hydrogen (secondary N) is 1. The number of benzene rings is 1. The van der Waals surface area contributed by atoms with E-state index in [0.717, 1.165) is 19.5 Å². The highest BCUT2D eigenvalue weighted by Gasteiger charge is 2.22. The monoisotopic (exact) mass is 233 g/mol.